The van der Waals surface area contributed by atoms with E-state index in [4.69, 9.17) is 5.10 Å². The van der Waals surface area contributed by atoms with Crippen LogP contribution in [-0.4, -0.2) is 44.8 Å². The lowest BCUT2D eigenvalue weighted by Crippen LogP contribution is -2.47. The van der Waals surface area contributed by atoms with E-state index in [0.717, 1.165) is 74.3 Å². The van der Waals surface area contributed by atoms with Crippen molar-refractivity contribution in [1.29, 1.82) is 0 Å². The van der Waals surface area contributed by atoms with Gasteiger partial charge in [-0.1, -0.05) is 27.2 Å². The largest absolute Gasteiger partial charge is 0.354 e. The van der Waals surface area contributed by atoms with Crippen LogP contribution in [0.25, 0.3) is 11.0 Å². The molecule has 1 amide bonds. The molecular weight excluding hydrogens is 340 g/mol. The van der Waals surface area contributed by atoms with Gasteiger partial charge in [-0.3, -0.25) is 4.79 Å². The fourth-order valence-electron chi connectivity index (χ4n) is 3.87. The van der Waals surface area contributed by atoms with Crippen LogP contribution in [-0.2, 0) is 17.8 Å². The van der Waals surface area contributed by atoms with Gasteiger partial charge in [-0.25, -0.2) is 14.6 Å². The maximum Gasteiger partial charge on any atom is 0.217 e. The van der Waals surface area contributed by atoms with Crippen molar-refractivity contribution in [3.63, 3.8) is 0 Å². The lowest BCUT2D eigenvalue weighted by atomic mass is 10.0. The summed E-state index contributed by atoms with van der Waals surface area (Å²) < 4.78 is 2.05. The Kier molecular flexibility index (Phi) is 6.29. The Bertz CT molecular complexity index is 784. The van der Waals surface area contributed by atoms with Gasteiger partial charge in [0, 0.05) is 32.6 Å². The van der Waals surface area contributed by atoms with E-state index in [2.05, 4.69) is 45.6 Å². The zero-order chi connectivity index (χ0) is 19.4. The Labute approximate surface area is 161 Å². The third-order valence-corrected chi connectivity index (χ3v) is 5.04. The minimum absolute atomic E-state index is 0.0302. The molecule has 1 N–H and O–H groups in total. The molecule has 0 bridgehead atoms. The number of fused-ring (bicyclic) bond motifs is 1. The smallest absolute Gasteiger partial charge is 0.217 e. The molecular formula is C20H32N6O. The fourth-order valence-corrected chi connectivity index (χ4v) is 3.87. The number of piperidine rings is 1. The molecule has 0 aliphatic carbocycles. The molecule has 0 spiro atoms. The van der Waals surface area contributed by atoms with E-state index in [0.29, 0.717) is 5.92 Å². The number of nitrogens with one attached hydrogen (secondary N) is 1. The molecule has 0 saturated carbocycles. The predicted octanol–water partition coefficient (Wildman–Crippen LogP) is 2.93. The minimum atomic E-state index is 0.0302. The molecule has 2 aromatic rings. The van der Waals surface area contributed by atoms with Crippen LogP contribution in [0.5, 0.6) is 0 Å². The summed E-state index contributed by atoms with van der Waals surface area (Å²) in [6, 6.07) is 0.171. The molecule has 0 radical (unpaired) electrons. The summed E-state index contributed by atoms with van der Waals surface area (Å²) in [7, 11) is 0. The molecule has 3 heterocycles. The Morgan fingerprint density at radius 2 is 2.19 bits per heavy atom. The van der Waals surface area contributed by atoms with Crippen LogP contribution in [0.3, 0.4) is 0 Å². The average Bonchev–Trinajstić information content (AvgIpc) is 2.97. The Hall–Kier alpha value is -2.18. The number of aryl methyl sites for hydroxylation is 1. The van der Waals surface area contributed by atoms with Gasteiger partial charge in [-0.15, -0.1) is 0 Å². The van der Waals surface area contributed by atoms with Gasteiger partial charge in [0.2, 0.25) is 5.91 Å². The third kappa shape index (κ3) is 4.57. The zero-order valence-corrected chi connectivity index (χ0v) is 17.0. The van der Waals surface area contributed by atoms with Crippen molar-refractivity contribution in [3.05, 3.63) is 12.0 Å². The molecule has 1 fully saturated rings. The Morgan fingerprint density at radius 3 is 2.89 bits per heavy atom. The van der Waals surface area contributed by atoms with Gasteiger partial charge < -0.3 is 10.2 Å². The molecule has 0 aromatic carbocycles. The molecule has 7 nitrogen and oxygen atoms in total. The van der Waals surface area contributed by atoms with Crippen molar-refractivity contribution in [3.8, 4) is 0 Å². The number of rotatable bonds is 7. The number of carbonyl (C=O) groups is 1. The van der Waals surface area contributed by atoms with Gasteiger partial charge >= 0.3 is 0 Å². The standard InChI is InChI=1S/C20H32N6O/c1-5-6-10-26-20-18(17(24-26)11-14(2)3)19(21-13-22-20)25-9-7-8-16(12-25)23-15(4)27/h13-14,16H,5-12H2,1-4H3,(H,23,27). The highest BCUT2D eigenvalue weighted by atomic mass is 16.1. The molecule has 148 valence electrons. The van der Waals surface area contributed by atoms with Crippen molar-refractivity contribution in [2.45, 2.75) is 72.4 Å². The highest BCUT2D eigenvalue weighted by Crippen LogP contribution is 2.30. The second kappa shape index (κ2) is 8.67. The zero-order valence-electron chi connectivity index (χ0n) is 17.0. The first kappa shape index (κ1) is 19.6. The quantitative estimate of drug-likeness (QED) is 0.809. The van der Waals surface area contributed by atoms with E-state index in [1.165, 1.54) is 0 Å². The van der Waals surface area contributed by atoms with Gasteiger partial charge in [0.15, 0.2) is 5.65 Å². The predicted molar refractivity (Wildman–Crippen MR) is 108 cm³/mol. The summed E-state index contributed by atoms with van der Waals surface area (Å²) >= 11 is 0. The number of nitrogens with zero attached hydrogens (tertiary/aromatic N) is 5. The van der Waals surface area contributed by atoms with E-state index in [9.17, 15) is 4.79 Å². The topological polar surface area (TPSA) is 75.9 Å². The molecule has 7 heteroatoms. The minimum Gasteiger partial charge on any atom is -0.354 e. The first-order valence-corrected chi connectivity index (χ1v) is 10.2. The first-order valence-electron chi connectivity index (χ1n) is 10.2. The maximum atomic E-state index is 11.5. The van der Waals surface area contributed by atoms with Crippen molar-refractivity contribution >= 4 is 22.8 Å². The van der Waals surface area contributed by atoms with E-state index >= 15 is 0 Å². The Morgan fingerprint density at radius 1 is 1.37 bits per heavy atom. The van der Waals surface area contributed by atoms with E-state index < -0.39 is 0 Å². The van der Waals surface area contributed by atoms with Gasteiger partial charge in [0.1, 0.15) is 12.1 Å². The van der Waals surface area contributed by atoms with Crippen molar-refractivity contribution < 1.29 is 4.79 Å². The number of unbranched alkanes of at least 4 members (excludes halogenated alkanes) is 1. The number of hydrogen-bond acceptors (Lipinski definition) is 5. The molecule has 2 aromatic heterocycles. The molecule has 3 rings (SSSR count). The number of carbonyl (C=O) groups excluding carboxylic acids is 1. The lowest BCUT2D eigenvalue weighted by molar-refractivity contribution is -0.119. The normalized spacial score (nSPS) is 17.7. The van der Waals surface area contributed by atoms with E-state index in [1.54, 1.807) is 13.3 Å². The second-order valence-electron chi connectivity index (χ2n) is 8.00. The lowest BCUT2D eigenvalue weighted by Gasteiger charge is -2.34. The summed E-state index contributed by atoms with van der Waals surface area (Å²) in [6.45, 7) is 10.8. The second-order valence-corrected chi connectivity index (χ2v) is 8.00. The summed E-state index contributed by atoms with van der Waals surface area (Å²) in [5.41, 5.74) is 2.03. The summed E-state index contributed by atoms with van der Waals surface area (Å²) in [4.78, 5) is 23.0. The third-order valence-electron chi connectivity index (χ3n) is 5.04. The van der Waals surface area contributed by atoms with Crippen molar-refractivity contribution in [2.24, 2.45) is 5.92 Å². The number of aromatic nitrogens is 4. The number of anilines is 1. The molecule has 27 heavy (non-hydrogen) atoms. The number of amides is 1. The van der Waals surface area contributed by atoms with Crippen LogP contribution in [0.4, 0.5) is 5.82 Å². The number of hydrogen-bond donors (Lipinski definition) is 1. The van der Waals surface area contributed by atoms with Crippen LogP contribution in [0, 0.1) is 5.92 Å². The van der Waals surface area contributed by atoms with Gasteiger partial charge in [0.05, 0.1) is 11.1 Å². The van der Waals surface area contributed by atoms with Crippen molar-refractivity contribution in [2.75, 3.05) is 18.0 Å². The van der Waals surface area contributed by atoms with Crippen LogP contribution < -0.4 is 10.2 Å². The van der Waals surface area contributed by atoms with Crippen LogP contribution in [0.2, 0.25) is 0 Å². The highest BCUT2D eigenvalue weighted by Gasteiger charge is 2.26. The highest BCUT2D eigenvalue weighted by molar-refractivity contribution is 5.90. The SMILES string of the molecule is CCCCn1nc(CC(C)C)c2c(N3CCCC(NC(C)=O)C3)ncnc21. The summed E-state index contributed by atoms with van der Waals surface area (Å²) in [5.74, 6) is 1.51. The van der Waals surface area contributed by atoms with Gasteiger partial charge in [-0.05, 0) is 31.6 Å². The van der Waals surface area contributed by atoms with Crippen LogP contribution in [0.1, 0.15) is 59.1 Å². The average molecular weight is 373 g/mol. The van der Waals surface area contributed by atoms with Crippen molar-refractivity contribution in [1.82, 2.24) is 25.1 Å². The van der Waals surface area contributed by atoms with Crippen LogP contribution >= 0.6 is 0 Å². The molecule has 1 aliphatic heterocycles. The molecule has 1 atom stereocenters. The first-order chi connectivity index (χ1) is 13.0. The molecule has 1 aliphatic rings. The maximum absolute atomic E-state index is 11.5. The Balaban J connectivity index is 1.99. The summed E-state index contributed by atoms with van der Waals surface area (Å²) in [6.07, 6.45) is 6.84. The van der Waals surface area contributed by atoms with Gasteiger partial charge in [-0.2, -0.15) is 5.10 Å². The summed E-state index contributed by atoms with van der Waals surface area (Å²) in [5, 5.41) is 9.06. The molecule has 1 unspecified atom stereocenters. The monoisotopic (exact) mass is 372 g/mol. The van der Waals surface area contributed by atoms with Crippen LogP contribution in [0.15, 0.2) is 6.33 Å². The fraction of sp³-hybridized carbons (Fsp3) is 0.700. The molecule has 1 saturated heterocycles. The van der Waals surface area contributed by atoms with Gasteiger partial charge in [0.25, 0.3) is 0 Å². The van der Waals surface area contributed by atoms with E-state index in [1.807, 2.05) is 0 Å². The van der Waals surface area contributed by atoms with E-state index in [-0.39, 0.29) is 11.9 Å².